The van der Waals surface area contributed by atoms with Crippen molar-refractivity contribution >= 4 is 23.8 Å². The molecule has 0 spiro atoms. The third-order valence-electron chi connectivity index (χ3n) is 7.94. The molecule has 0 radical (unpaired) electrons. The normalized spacial score (nSPS) is 13.8. The summed E-state index contributed by atoms with van der Waals surface area (Å²) < 4.78 is 5.80. The number of allylic oxidation sites excluding steroid dienone is 19. The number of esters is 1. The zero-order chi connectivity index (χ0) is 41.2. The highest BCUT2D eigenvalue weighted by molar-refractivity contribution is 5.87. The van der Waals surface area contributed by atoms with Gasteiger partial charge in [0.1, 0.15) is 12.1 Å². The van der Waals surface area contributed by atoms with Crippen LogP contribution in [0, 0.1) is 0 Å². The van der Waals surface area contributed by atoms with Crippen LogP contribution < -0.4 is 10.6 Å². The highest BCUT2D eigenvalue weighted by Gasteiger charge is 2.19. The van der Waals surface area contributed by atoms with Crippen LogP contribution in [0.4, 0.5) is 0 Å². The van der Waals surface area contributed by atoms with E-state index in [0.29, 0.717) is 38.5 Å². The third kappa shape index (κ3) is 36.2. The van der Waals surface area contributed by atoms with Crippen molar-refractivity contribution in [2.75, 3.05) is 13.2 Å². The first kappa shape index (κ1) is 51.2. The van der Waals surface area contributed by atoms with Gasteiger partial charge in [0.15, 0.2) is 0 Å². The van der Waals surface area contributed by atoms with E-state index in [2.05, 4.69) is 134 Å². The number of carbonyl (C=O) groups is 4. The van der Waals surface area contributed by atoms with E-state index in [0.717, 1.165) is 64.2 Å². The minimum atomic E-state index is -1.42. The zero-order valence-corrected chi connectivity index (χ0v) is 34.1. The number of rotatable bonds is 34. The van der Waals surface area contributed by atoms with Gasteiger partial charge in [-0.1, -0.05) is 129 Å². The molecule has 2 atom stereocenters. The number of carboxylic acid groups (broad SMARTS) is 1. The number of aliphatic carboxylic acids is 1. The maximum atomic E-state index is 12.7. The number of hydrogen-bond acceptors (Lipinski definition) is 6. The highest BCUT2D eigenvalue weighted by Crippen LogP contribution is 2.12. The average Bonchev–Trinajstić information content (AvgIpc) is 3.18. The number of aliphatic hydroxyl groups is 1. The maximum Gasteiger partial charge on any atom is 0.328 e. The molecule has 0 saturated carbocycles. The van der Waals surface area contributed by atoms with Crippen LogP contribution in [-0.4, -0.2) is 59.3 Å². The lowest BCUT2D eigenvalue weighted by molar-refractivity contribution is -0.147. The van der Waals surface area contributed by atoms with Gasteiger partial charge >= 0.3 is 11.9 Å². The van der Waals surface area contributed by atoms with Gasteiger partial charge in [-0.15, -0.1) is 0 Å². The summed E-state index contributed by atoms with van der Waals surface area (Å²) in [5, 5.41) is 22.6. The monoisotopic (exact) mass is 775 g/mol. The van der Waals surface area contributed by atoms with E-state index in [1.807, 2.05) is 12.2 Å². The van der Waals surface area contributed by atoms with E-state index in [1.165, 1.54) is 0 Å². The van der Waals surface area contributed by atoms with Gasteiger partial charge in [0, 0.05) is 12.8 Å². The summed E-state index contributed by atoms with van der Waals surface area (Å²) in [4.78, 5) is 47.8. The number of aliphatic hydroxyl groups excluding tert-OH is 1. The number of amides is 2. The molecule has 0 aromatic carbocycles. The molecule has 0 aromatic rings. The van der Waals surface area contributed by atoms with Crippen molar-refractivity contribution in [1.82, 2.24) is 10.6 Å². The van der Waals surface area contributed by atoms with Gasteiger partial charge in [-0.05, 0) is 102 Å². The highest BCUT2D eigenvalue weighted by atomic mass is 16.5. The van der Waals surface area contributed by atoms with E-state index in [9.17, 15) is 19.2 Å². The third-order valence-corrected chi connectivity index (χ3v) is 7.94. The number of carboxylic acids is 1. The van der Waals surface area contributed by atoms with Crippen LogP contribution in [0.25, 0.3) is 0 Å². The molecule has 56 heavy (non-hydrogen) atoms. The standard InChI is InChI=1S/C47H70N2O7/c1-3-5-7-9-11-13-15-17-19-20-21-23-25-27-29-31-33-39-46(53)56-42(36-32-30-28-26-24-22-18-16-14-12-10-8-6-4-2)37-34-35-38-44(51)48-40-45(52)49-43(41-50)47(54)55/h5-8,11-14,17-19,21-23,26-29,32,36,42-43,50H,3-4,9-10,15-16,20,24-25,30-31,33-35,37-41H2,1-2H3,(H,48,51)(H,49,52)(H,54,55)/b7-5-,8-6-,13-11-,14-12-,19-17-,22-18-,23-21-,28-26-,29-27-,36-32-. The molecule has 0 saturated heterocycles. The van der Waals surface area contributed by atoms with Gasteiger partial charge in [-0.25, -0.2) is 4.79 Å². The topological polar surface area (TPSA) is 142 Å². The molecule has 0 fully saturated rings. The van der Waals surface area contributed by atoms with Crippen LogP contribution in [0.1, 0.15) is 123 Å². The first-order valence-corrected chi connectivity index (χ1v) is 20.4. The summed E-state index contributed by atoms with van der Waals surface area (Å²) in [6.45, 7) is 3.13. The fourth-order valence-electron chi connectivity index (χ4n) is 4.87. The first-order valence-electron chi connectivity index (χ1n) is 20.4. The van der Waals surface area contributed by atoms with Gasteiger partial charge in [-0.3, -0.25) is 14.4 Å². The first-order chi connectivity index (χ1) is 27.3. The molecule has 310 valence electrons. The number of hydrogen-bond donors (Lipinski definition) is 4. The van der Waals surface area contributed by atoms with Crippen LogP contribution >= 0.6 is 0 Å². The van der Waals surface area contributed by atoms with Crippen LogP contribution in [0.2, 0.25) is 0 Å². The minimum absolute atomic E-state index is 0.162. The van der Waals surface area contributed by atoms with Crippen LogP contribution in [-0.2, 0) is 23.9 Å². The van der Waals surface area contributed by atoms with Crippen molar-refractivity contribution in [3.63, 3.8) is 0 Å². The SMILES string of the molecule is CC/C=C\C/C=C\C/C=C\C/C=C\C/C=C\CCCC(=O)OC(/C=C\C/C=C\C/C=C\C/C=C\C/C=C\CC)CCCCC(=O)NCC(=O)NC(CO)C(=O)O. The van der Waals surface area contributed by atoms with Gasteiger partial charge in [-0.2, -0.15) is 0 Å². The van der Waals surface area contributed by atoms with Crippen LogP contribution in [0.5, 0.6) is 0 Å². The molecule has 0 bridgehead atoms. The lowest BCUT2D eigenvalue weighted by atomic mass is 10.1. The van der Waals surface area contributed by atoms with Gasteiger partial charge < -0.3 is 25.6 Å². The smallest absolute Gasteiger partial charge is 0.328 e. The summed E-state index contributed by atoms with van der Waals surface area (Å²) in [6, 6.07) is -1.42. The molecule has 0 aromatic heterocycles. The molecule has 9 nitrogen and oxygen atoms in total. The Kier molecular flexibility index (Phi) is 36.5. The van der Waals surface area contributed by atoms with E-state index in [1.54, 1.807) is 0 Å². The summed E-state index contributed by atoms with van der Waals surface area (Å²) in [6.07, 6.45) is 55.2. The Labute approximate surface area is 337 Å². The second-order valence-corrected chi connectivity index (χ2v) is 13.0. The second kappa shape index (κ2) is 39.9. The predicted molar refractivity (Wildman–Crippen MR) is 231 cm³/mol. The molecule has 4 N–H and O–H groups in total. The largest absolute Gasteiger partial charge is 0.480 e. The lowest BCUT2D eigenvalue weighted by Gasteiger charge is -2.15. The Morgan fingerprint density at radius 3 is 1.45 bits per heavy atom. The Morgan fingerprint density at radius 2 is 1.00 bits per heavy atom. The number of nitrogens with one attached hydrogen (secondary N) is 2. The van der Waals surface area contributed by atoms with Crippen LogP contribution in [0.3, 0.4) is 0 Å². The van der Waals surface area contributed by atoms with E-state index in [-0.39, 0.29) is 24.8 Å². The van der Waals surface area contributed by atoms with Gasteiger partial charge in [0.25, 0.3) is 0 Å². The Hall–Kier alpha value is -4.76. The Bertz CT molecular complexity index is 1350. The van der Waals surface area contributed by atoms with Crippen molar-refractivity contribution in [2.24, 2.45) is 0 Å². The Balaban J connectivity index is 4.70. The second-order valence-electron chi connectivity index (χ2n) is 13.0. The molecule has 9 heteroatoms. The molecule has 2 unspecified atom stereocenters. The van der Waals surface area contributed by atoms with Crippen molar-refractivity contribution in [3.05, 3.63) is 122 Å². The van der Waals surface area contributed by atoms with Crippen molar-refractivity contribution < 1.29 is 34.1 Å². The molecule has 0 aliphatic heterocycles. The Morgan fingerprint density at radius 1 is 0.554 bits per heavy atom. The quantitative estimate of drug-likeness (QED) is 0.0290. The lowest BCUT2D eigenvalue weighted by Crippen LogP contribution is -2.47. The number of unbranched alkanes of at least 4 members (excludes halogenated alkanes) is 2. The fourth-order valence-corrected chi connectivity index (χ4v) is 4.87. The van der Waals surface area contributed by atoms with Crippen molar-refractivity contribution in [1.29, 1.82) is 0 Å². The summed E-state index contributed by atoms with van der Waals surface area (Å²) >= 11 is 0. The van der Waals surface area contributed by atoms with E-state index < -0.39 is 30.6 Å². The molecule has 0 rings (SSSR count). The molecule has 0 heterocycles. The summed E-state index contributed by atoms with van der Waals surface area (Å²) in [5.74, 6) is -2.67. The molecule has 0 aliphatic carbocycles. The summed E-state index contributed by atoms with van der Waals surface area (Å²) in [5.41, 5.74) is 0. The van der Waals surface area contributed by atoms with Gasteiger partial charge in [0.05, 0.1) is 13.2 Å². The number of ether oxygens (including phenoxy) is 1. The average molecular weight is 775 g/mol. The predicted octanol–water partition coefficient (Wildman–Crippen LogP) is 9.81. The zero-order valence-electron chi connectivity index (χ0n) is 34.1. The number of carbonyl (C=O) groups excluding carboxylic acids is 3. The van der Waals surface area contributed by atoms with E-state index >= 15 is 0 Å². The molecule has 0 aliphatic rings. The van der Waals surface area contributed by atoms with Crippen molar-refractivity contribution in [3.8, 4) is 0 Å². The molecular weight excluding hydrogens is 705 g/mol. The fraction of sp³-hybridized carbons (Fsp3) is 0.489. The molecule has 2 amide bonds. The van der Waals surface area contributed by atoms with Crippen molar-refractivity contribution in [2.45, 2.75) is 135 Å². The molecular formula is C47H70N2O7. The van der Waals surface area contributed by atoms with Gasteiger partial charge in [0.2, 0.25) is 11.8 Å². The summed E-state index contributed by atoms with van der Waals surface area (Å²) in [7, 11) is 0. The minimum Gasteiger partial charge on any atom is -0.480 e. The van der Waals surface area contributed by atoms with Crippen LogP contribution in [0.15, 0.2) is 122 Å². The van der Waals surface area contributed by atoms with E-state index in [4.69, 9.17) is 14.9 Å². The maximum absolute atomic E-state index is 12.7.